The van der Waals surface area contributed by atoms with E-state index in [4.69, 9.17) is 37.9 Å². The van der Waals surface area contributed by atoms with Crippen LogP contribution in [0.25, 0.3) is 0 Å². The van der Waals surface area contributed by atoms with Gasteiger partial charge in [-0.3, -0.25) is 9.59 Å². The number of rotatable bonds is 16. The molecule has 0 saturated carbocycles. The Kier molecular flexibility index (Phi) is 16.1. The number of esters is 2. The fraction of sp³-hybridized carbons (Fsp3) is 0.544. The molecule has 6 rings (SSSR count). The first-order chi connectivity index (χ1) is 31.3. The summed E-state index contributed by atoms with van der Waals surface area (Å²) in [4.78, 5) is 26.3. The Bertz CT molecular complexity index is 2180. The van der Waals surface area contributed by atoms with Crippen LogP contribution in [-0.2, 0) is 61.7 Å². The second-order valence-corrected chi connectivity index (χ2v) is 22.6. The highest BCUT2D eigenvalue weighted by molar-refractivity contribution is 5.70. The predicted molar refractivity (Wildman–Crippen MR) is 262 cm³/mol. The Labute approximate surface area is 400 Å². The maximum atomic E-state index is 13.1. The smallest absolute Gasteiger partial charge is 0.306 e. The second kappa shape index (κ2) is 20.9. The molecule has 4 aromatic carbocycles. The third-order valence-electron chi connectivity index (χ3n) is 12.8. The van der Waals surface area contributed by atoms with Crippen LogP contribution in [0, 0.1) is 43.9 Å². The molecule has 0 aliphatic carbocycles. The maximum absolute atomic E-state index is 13.1. The Morgan fingerprint density at radius 2 is 0.881 bits per heavy atom. The van der Waals surface area contributed by atoms with E-state index in [0.29, 0.717) is 39.3 Å². The molecule has 67 heavy (non-hydrogen) atoms. The second-order valence-electron chi connectivity index (χ2n) is 22.6. The zero-order chi connectivity index (χ0) is 49.0. The van der Waals surface area contributed by atoms with E-state index in [2.05, 4.69) is 91.8 Å². The Morgan fingerprint density at radius 1 is 0.522 bits per heavy atom. The normalized spacial score (nSPS) is 19.3. The zero-order valence-corrected chi connectivity index (χ0v) is 42.7. The highest BCUT2D eigenvalue weighted by Gasteiger charge is 2.48. The maximum Gasteiger partial charge on any atom is 0.306 e. The van der Waals surface area contributed by atoms with Crippen molar-refractivity contribution < 1.29 is 47.5 Å². The van der Waals surface area contributed by atoms with Gasteiger partial charge in [-0.2, -0.15) is 0 Å². The van der Waals surface area contributed by atoms with Crippen molar-refractivity contribution in [3.63, 3.8) is 0 Å². The quantitative estimate of drug-likeness (QED) is 0.101. The Morgan fingerprint density at radius 3 is 1.22 bits per heavy atom. The molecule has 0 radical (unpaired) electrons. The Balaban J connectivity index is 0.926. The van der Waals surface area contributed by atoms with E-state index >= 15 is 0 Å². The molecular weight excluding hydrogens is 845 g/mol. The van der Waals surface area contributed by atoms with Gasteiger partial charge in [0.1, 0.15) is 36.2 Å². The summed E-state index contributed by atoms with van der Waals surface area (Å²) >= 11 is 0. The highest BCUT2D eigenvalue weighted by Crippen LogP contribution is 2.40. The number of carbonyl (C=O) groups excluding carboxylic acids is 2. The minimum absolute atomic E-state index is 0.0133. The molecule has 0 bridgehead atoms. The molecule has 2 aliphatic heterocycles. The predicted octanol–water partition coefficient (Wildman–Crippen LogP) is 12.5. The van der Waals surface area contributed by atoms with Crippen LogP contribution in [-0.4, -0.2) is 64.2 Å². The number of hydrogen-bond acceptors (Lipinski definition) is 10. The van der Waals surface area contributed by atoms with Gasteiger partial charge in [0.25, 0.3) is 0 Å². The van der Waals surface area contributed by atoms with Crippen molar-refractivity contribution in [1.29, 1.82) is 0 Å². The molecule has 2 aliphatic rings. The van der Waals surface area contributed by atoms with Crippen LogP contribution in [0.3, 0.4) is 0 Å². The van der Waals surface area contributed by atoms with E-state index in [9.17, 15) is 9.59 Å². The van der Waals surface area contributed by atoms with Crippen molar-refractivity contribution in [3.8, 4) is 23.0 Å². The zero-order valence-electron chi connectivity index (χ0n) is 42.7. The summed E-state index contributed by atoms with van der Waals surface area (Å²) in [5.41, 5.74) is 7.26. The molecule has 0 amide bonds. The summed E-state index contributed by atoms with van der Waals surface area (Å²) in [6.07, 6.45) is 0.189. The van der Waals surface area contributed by atoms with Gasteiger partial charge < -0.3 is 37.9 Å². The summed E-state index contributed by atoms with van der Waals surface area (Å²) < 4.78 is 49.6. The lowest BCUT2D eigenvalue weighted by molar-refractivity contribution is -0.337. The first kappa shape index (κ1) is 51.6. The minimum atomic E-state index is -0.610. The SMILES string of the molecule is Cc1ccc(Oc2ccc(C)c(C(C)(C)C)c2)c(CCC(=O)OCC(C)(C)C2OCC3(CO2)COC(C(C)(C)COC(=O)CCc2cc(C)ccc2Oc2ccc(C)c(C(C)(C)C)c2)OC3)c1. The van der Waals surface area contributed by atoms with E-state index in [1.54, 1.807) is 0 Å². The molecule has 0 N–H and O–H groups in total. The molecule has 0 aromatic heterocycles. The van der Waals surface area contributed by atoms with Gasteiger partial charge in [-0.25, -0.2) is 0 Å². The number of benzene rings is 4. The van der Waals surface area contributed by atoms with Crippen LogP contribution in [0.2, 0.25) is 0 Å². The lowest BCUT2D eigenvalue weighted by Crippen LogP contribution is -2.57. The number of ether oxygens (including phenoxy) is 8. The van der Waals surface area contributed by atoms with Gasteiger partial charge in [0.05, 0.1) is 31.8 Å². The number of carbonyl (C=O) groups is 2. The van der Waals surface area contributed by atoms with Gasteiger partial charge in [-0.15, -0.1) is 0 Å². The molecule has 0 unspecified atom stereocenters. The van der Waals surface area contributed by atoms with Crippen molar-refractivity contribution in [3.05, 3.63) is 117 Å². The summed E-state index contributed by atoms with van der Waals surface area (Å²) in [6, 6.07) is 24.5. The molecule has 2 saturated heterocycles. The van der Waals surface area contributed by atoms with Crippen LogP contribution >= 0.6 is 0 Å². The molecule has 4 aromatic rings. The third-order valence-corrected chi connectivity index (χ3v) is 12.8. The molecule has 1 spiro atoms. The van der Waals surface area contributed by atoms with Gasteiger partial charge >= 0.3 is 11.9 Å². The standard InChI is InChI=1S/C57H76O10/c1-37-15-23-47(66-43-21-17-39(3)45(29-43)53(5,6)7)41(27-37)19-25-49(58)60-31-55(11,12)51-62-33-57(34-63-51)35-64-52(65-36-57)56(13,14)32-61-50(59)26-20-42-28-38(2)16-24-48(42)67-44-22-18-40(4)46(30-44)54(8,9)10/h15-18,21-24,27-30,51-52H,19-20,25-26,31-36H2,1-14H3. The van der Waals surface area contributed by atoms with Gasteiger partial charge in [-0.05, 0) is 121 Å². The highest BCUT2D eigenvalue weighted by atomic mass is 16.7. The largest absolute Gasteiger partial charge is 0.465 e. The van der Waals surface area contributed by atoms with Crippen LogP contribution in [0.4, 0.5) is 0 Å². The third kappa shape index (κ3) is 13.7. The summed E-state index contributed by atoms with van der Waals surface area (Å²) in [5, 5.41) is 0. The Hall–Kier alpha value is -4.74. The van der Waals surface area contributed by atoms with Crippen molar-refractivity contribution in [2.24, 2.45) is 16.2 Å². The van der Waals surface area contributed by atoms with E-state index in [0.717, 1.165) is 45.3 Å². The van der Waals surface area contributed by atoms with Crippen LogP contribution < -0.4 is 9.47 Å². The van der Waals surface area contributed by atoms with Crippen molar-refractivity contribution >= 4 is 11.9 Å². The van der Waals surface area contributed by atoms with Crippen molar-refractivity contribution in [2.45, 2.75) is 146 Å². The van der Waals surface area contributed by atoms with Crippen molar-refractivity contribution in [1.82, 2.24) is 0 Å². The molecule has 10 nitrogen and oxygen atoms in total. The molecule has 2 heterocycles. The molecule has 10 heteroatoms. The molecular formula is C57H76O10. The summed E-state index contributed by atoms with van der Waals surface area (Å²) in [6.45, 7) is 31.1. The molecule has 364 valence electrons. The average Bonchev–Trinajstić information content (AvgIpc) is 3.26. The first-order valence-electron chi connectivity index (χ1n) is 23.9. The minimum Gasteiger partial charge on any atom is -0.465 e. The monoisotopic (exact) mass is 921 g/mol. The van der Waals surface area contributed by atoms with Gasteiger partial charge in [-0.1, -0.05) is 117 Å². The number of hydrogen-bond donors (Lipinski definition) is 0. The van der Waals surface area contributed by atoms with Crippen LogP contribution in [0.15, 0.2) is 72.8 Å². The fourth-order valence-corrected chi connectivity index (χ4v) is 8.75. The van der Waals surface area contributed by atoms with Gasteiger partial charge in [0.15, 0.2) is 12.6 Å². The average molecular weight is 921 g/mol. The van der Waals surface area contributed by atoms with Gasteiger partial charge in [0.2, 0.25) is 0 Å². The van der Waals surface area contributed by atoms with E-state index in [1.165, 1.54) is 22.3 Å². The summed E-state index contributed by atoms with van der Waals surface area (Å²) in [7, 11) is 0. The van der Waals surface area contributed by atoms with Crippen molar-refractivity contribution in [2.75, 3.05) is 39.6 Å². The van der Waals surface area contributed by atoms with E-state index in [1.807, 2.05) is 77.9 Å². The van der Waals surface area contributed by atoms with Crippen LogP contribution in [0.5, 0.6) is 23.0 Å². The molecule has 0 atom stereocenters. The molecule has 2 fully saturated rings. The fourth-order valence-electron chi connectivity index (χ4n) is 8.75. The lowest BCUT2D eigenvalue weighted by atomic mass is 9.84. The lowest BCUT2D eigenvalue weighted by Gasteiger charge is -2.48. The first-order valence-corrected chi connectivity index (χ1v) is 23.9. The summed E-state index contributed by atoms with van der Waals surface area (Å²) in [5.74, 6) is 2.40. The topological polar surface area (TPSA) is 108 Å². The van der Waals surface area contributed by atoms with Crippen LogP contribution in [0.1, 0.15) is 127 Å². The number of aryl methyl sites for hydroxylation is 6. The van der Waals surface area contributed by atoms with E-state index < -0.39 is 28.8 Å². The van der Waals surface area contributed by atoms with Gasteiger partial charge in [0, 0.05) is 23.7 Å². The van der Waals surface area contributed by atoms with E-state index in [-0.39, 0.29) is 48.8 Å².